The van der Waals surface area contributed by atoms with Crippen molar-refractivity contribution in [3.8, 4) is 12.1 Å². The Balaban J connectivity index is -0.0000000400. The van der Waals surface area contributed by atoms with E-state index in [1.165, 1.54) is 13.8 Å². The van der Waals surface area contributed by atoms with Gasteiger partial charge in [-0.3, -0.25) is 0 Å². The summed E-state index contributed by atoms with van der Waals surface area (Å²) in [7, 11) is 0. The molecule has 0 atom stereocenters. The predicted octanol–water partition coefficient (Wildman–Crippen LogP) is 1.06. The number of hydrogen-bond donors (Lipinski definition) is 0. The predicted molar refractivity (Wildman–Crippen MR) is 22.6 cm³/mol. The first kappa shape index (κ1) is 16.0. The van der Waals surface area contributed by atoms with Crippen LogP contribution < -0.4 is 0 Å². The van der Waals surface area contributed by atoms with Gasteiger partial charge in [0.25, 0.3) is 0 Å². The molecule has 0 aromatic carbocycles. The Morgan fingerprint density at radius 2 is 1.00 bits per heavy atom. The molecule has 0 heterocycles. The van der Waals surface area contributed by atoms with E-state index in [1.807, 2.05) is 0 Å². The van der Waals surface area contributed by atoms with E-state index >= 15 is 0 Å². The maximum atomic E-state index is 7.32. The quantitative estimate of drug-likeness (QED) is 0.529. The Morgan fingerprint density at radius 1 is 1.00 bits per heavy atom. The summed E-state index contributed by atoms with van der Waals surface area (Å²) >= 11 is 0. The van der Waals surface area contributed by atoms with Crippen LogP contribution in [0.25, 0.3) is 0 Å². The van der Waals surface area contributed by atoms with Crippen LogP contribution in [0, 0.1) is 22.7 Å². The number of hydrogen-bond acceptors (Lipinski definition) is 2. The molecule has 0 aromatic rings. The van der Waals surface area contributed by atoms with Gasteiger partial charge in [-0.1, -0.05) is 0 Å². The zero-order chi connectivity index (χ0) is 5.41. The second-order valence-electron chi connectivity index (χ2n) is 0.447. The topological polar surface area (TPSA) is 47.6 Å². The van der Waals surface area contributed by atoms with Crippen molar-refractivity contribution in [2.75, 3.05) is 0 Å². The van der Waals surface area contributed by atoms with Crippen molar-refractivity contribution in [3.05, 3.63) is 0 Å². The van der Waals surface area contributed by atoms with E-state index in [9.17, 15) is 0 Å². The van der Waals surface area contributed by atoms with Crippen molar-refractivity contribution in [1.82, 2.24) is 0 Å². The SMILES string of the molecule is CC#N.CC#N.[Rh+]. The largest absolute Gasteiger partial charge is 1.00 e. The molecule has 0 aliphatic rings. The molecule has 7 heavy (non-hydrogen) atoms. The van der Waals surface area contributed by atoms with E-state index in [1.54, 1.807) is 12.1 Å². The molecule has 0 aliphatic carbocycles. The summed E-state index contributed by atoms with van der Waals surface area (Å²) in [6.07, 6.45) is 0. The molecule has 2 nitrogen and oxygen atoms in total. The number of nitriles is 2. The maximum Gasteiger partial charge on any atom is 1.00 e. The fourth-order valence-electron chi connectivity index (χ4n) is 0. The Morgan fingerprint density at radius 3 is 1.00 bits per heavy atom. The Hall–Kier alpha value is -0.397. The number of rotatable bonds is 0. The molecule has 0 unspecified atom stereocenters. The van der Waals surface area contributed by atoms with Crippen molar-refractivity contribution >= 4 is 0 Å². The second-order valence-corrected chi connectivity index (χ2v) is 0.447. The monoisotopic (exact) mass is 185 g/mol. The molecule has 0 aliphatic heterocycles. The van der Waals surface area contributed by atoms with Gasteiger partial charge in [-0.05, 0) is 0 Å². The van der Waals surface area contributed by atoms with Crippen LogP contribution in [-0.4, -0.2) is 0 Å². The van der Waals surface area contributed by atoms with Crippen LogP contribution in [0.3, 0.4) is 0 Å². The molecular weight excluding hydrogens is 179 g/mol. The molecule has 0 saturated heterocycles. The standard InChI is InChI=1S/2C2H3N.Rh/c2*1-2-3;/h2*1H3;/q;;+1. The third kappa shape index (κ3) is 463. The van der Waals surface area contributed by atoms with Gasteiger partial charge >= 0.3 is 19.5 Å². The fraction of sp³-hybridized carbons (Fsp3) is 0.500. The van der Waals surface area contributed by atoms with Crippen LogP contribution in [0.5, 0.6) is 0 Å². The zero-order valence-corrected chi connectivity index (χ0v) is 5.87. The Labute approximate surface area is 56.5 Å². The van der Waals surface area contributed by atoms with E-state index < -0.39 is 0 Å². The van der Waals surface area contributed by atoms with Crippen LogP contribution in [0.1, 0.15) is 13.8 Å². The molecule has 0 radical (unpaired) electrons. The summed E-state index contributed by atoms with van der Waals surface area (Å²) in [6.45, 7) is 2.86. The third-order valence-electron chi connectivity index (χ3n) is 0. The van der Waals surface area contributed by atoms with Gasteiger partial charge in [0.05, 0.1) is 12.1 Å². The van der Waals surface area contributed by atoms with Gasteiger partial charge in [0, 0.05) is 13.8 Å². The summed E-state index contributed by atoms with van der Waals surface area (Å²) in [5.41, 5.74) is 0. The first-order valence-electron chi connectivity index (χ1n) is 1.45. The Bertz CT molecular complexity index is 64.7. The summed E-state index contributed by atoms with van der Waals surface area (Å²) < 4.78 is 0. The zero-order valence-electron chi connectivity index (χ0n) is 4.23. The first-order chi connectivity index (χ1) is 2.83. The normalized spacial score (nSPS) is 2.29. The van der Waals surface area contributed by atoms with Crippen LogP contribution in [0.2, 0.25) is 0 Å². The molecule has 0 N–H and O–H groups in total. The van der Waals surface area contributed by atoms with Gasteiger partial charge in [-0.25, -0.2) is 0 Å². The fourth-order valence-corrected chi connectivity index (χ4v) is 0. The summed E-state index contributed by atoms with van der Waals surface area (Å²) in [4.78, 5) is 0. The maximum absolute atomic E-state index is 7.32. The van der Waals surface area contributed by atoms with Crippen molar-refractivity contribution in [2.45, 2.75) is 13.8 Å². The van der Waals surface area contributed by atoms with Crippen LogP contribution in [0.4, 0.5) is 0 Å². The molecule has 0 rings (SSSR count). The molecule has 0 fully saturated rings. The van der Waals surface area contributed by atoms with Gasteiger partial charge in [0.2, 0.25) is 0 Å². The van der Waals surface area contributed by atoms with E-state index in [4.69, 9.17) is 10.5 Å². The minimum atomic E-state index is 0. The van der Waals surface area contributed by atoms with Gasteiger partial charge < -0.3 is 0 Å². The van der Waals surface area contributed by atoms with Crippen LogP contribution >= 0.6 is 0 Å². The van der Waals surface area contributed by atoms with E-state index in [2.05, 4.69) is 0 Å². The molecule has 0 spiro atoms. The van der Waals surface area contributed by atoms with E-state index in [-0.39, 0.29) is 19.5 Å². The molecule has 40 valence electrons. The van der Waals surface area contributed by atoms with Gasteiger partial charge in [-0.2, -0.15) is 10.5 Å². The third-order valence-corrected chi connectivity index (χ3v) is 0. The van der Waals surface area contributed by atoms with Crippen molar-refractivity contribution in [3.63, 3.8) is 0 Å². The van der Waals surface area contributed by atoms with Crippen molar-refractivity contribution < 1.29 is 19.5 Å². The summed E-state index contributed by atoms with van der Waals surface area (Å²) in [6, 6.07) is 3.50. The summed E-state index contributed by atoms with van der Waals surface area (Å²) in [5, 5.41) is 14.6. The molecule has 0 amide bonds. The minimum absolute atomic E-state index is 0. The van der Waals surface area contributed by atoms with Crippen molar-refractivity contribution in [1.29, 1.82) is 10.5 Å². The van der Waals surface area contributed by atoms with Crippen LogP contribution in [-0.2, 0) is 19.5 Å². The van der Waals surface area contributed by atoms with Crippen LogP contribution in [0.15, 0.2) is 0 Å². The average molecular weight is 185 g/mol. The smallest absolute Gasteiger partial charge is 0.199 e. The van der Waals surface area contributed by atoms with Gasteiger partial charge in [0.15, 0.2) is 0 Å². The second kappa shape index (κ2) is 46.2. The van der Waals surface area contributed by atoms with Gasteiger partial charge in [0.1, 0.15) is 0 Å². The molecular formula is C4H6N2Rh+. The van der Waals surface area contributed by atoms with E-state index in [0.717, 1.165) is 0 Å². The molecule has 3 heteroatoms. The van der Waals surface area contributed by atoms with E-state index in [0.29, 0.717) is 0 Å². The minimum Gasteiger partial charge on any atom is -0.199 e. The molecule has 0 aromatic heterocycles. The number of nitrogens with zero attached hydrogens (tertiary/aromatic N) is 2. The Kier molecular flexibility index (Phi) is 105. The van der Waals surface area contributed by atoms with Gasteiger partial charge in [-0.15, -0.1) is 0 Å². The molecule has 0 bridgehead atoms. The van der Waals surface area contributed by atoms with Crippen molar-refractivity contribution in [2.24, 2.45) is 0 Å². The molecule has 0 saturated carbocycles. The summed E-state index contributed by atoms with van der Waals surface area (Å²) in [5.74, 6) is 0. The first-order valence-corrected chi connectivity index (χ1v) is 1.45. The average Bonchev–Trinajstić information content (AvgIpc) is 1.39.